The molecule has 0 amide bonds. The van der Waals surface area contributed by atoms with Gasteiger partial charge in [0.05, 0.1) is 6.07 Å². The van der Waals surface area contributed by atoms with Crippen molar-refractivity contribution in [2.24, 2.45) is 0 Å². The van der Waals surface area contributed by atoms with Crippen LogP contribution in [0.4, 0.5) is 0 Å². The van der Waals surface area contributed by atoms with E-state index in [4.69, 9.17) is 0 Å². The smallest absolute Gasteiger partial charge is 0.134 e. The maximum atomic E-state index is 10.5. The minimum Gasteiger partial charge on any atom is -0.507 e. The minimum absolute atomic E-state index is 0.0774. The van der Waals surface area contributed by atoms with Gasteiger partial charge in [-0.3, -0.25) is 0 Å². The first kappa shape index (κ1) is 15.0. The summed E-state index contributed by atoms with van der Waals surface area (Å²) in [6, 6.07) is 21.6. The zero-order valence-electron chi connectivity index (χ0n) is 12.5. The molecule has 23 heavy (non-hydrogen) atoms. The molecule has 0 aliphatic carbocycles. The molecule has 3 aromatic rings. The molecule has 3 nitrogen and oxygen atoms in total. The van der Waals surface area contributed by atoms with E-state index in [1.165, 1.54) is 0 Å². The monoisotopic (exact) mass is 305 g/mol. The van der Waals surface area contributed by atoms with Crippen LogP contribution in [0.5, 0.6) is 17.2 Å². The zero-order chi connectivity index (χ0) is 16.2. The molecule has 3 rings (SSSR count). The first-order chi connectivity index (χ1) is 11.1. The SMILES string of the molecule is Oc1[c]c(O)c(Cc2ccccc2)c(O)c1Cc1ccccc1. The van der Waals surface area contributed by atoms with Crippen LogP contribution in [0, 0.1) is 6.07 Å². The van der Waals surface area contributed by atoms with Crippen LogP contribution in [-0.4, -0.2) is 15.3 Å². The van der Waals surface area contributed by atoms with E-state index in [0.29, 0.717) is 24.0 Å². The summed E-state index contributed by atoms with van der Waals surface area (Å²) in [5.74, 6) is -0.521. The van der Waals surface area contributed by atoms with Crippen molar-refractivity contribution in [3.8, 4) is 17.2 Å². The predicted octanol–water partition coefficient (Wildman–Crippen LogP) is 3.79. The van der Waals surface area contributed by atoms with Gasteiger partial charge >= 0.3 is 0 Å². The van der Waals surface area contributed by atoms with Gasteiger partial charge in [0.15, 0.2) is 0 Å². The standard InChI is InChI=1S/C20H17O3/c21-18-13-19(22)17(12-15-9-5-2-6-10-15)20(23)16(18)11-14-7-3-1-4-8-14/h1-10,21-23H,11-12H2. The highest BCUT2D eigenvalue weighted by Gasteiger charge is 2.18. The van der Waals surface area contributed by atoms with Gasteiger partial charge in [0, 0.05) is 24.0 Å². The second-order valence-electron chi connectivity index (χ2n) is 5.45. The van der Waals surface area contributed by atoms with Crippen LogP contribution >= 0.6 is 0 Å². The lowest BCUT2D eigenvalue weighted by molar-refractivity contribution is 0.412. The van der Waals surface area contributed by atoms with Gasteiger partial charge in [0.2, 0.25) is 0 Å². The molecule has 0 aliphatic rings. The van der Waals surface area contributed by atoms with Gasteiger partial charge in [-0.25, -0.2) is 0 Å². The molecule has 0 aromatic heterocycles. The second kappa shape index (κ2) is 6.44. The minimum atomic E-state index is -0.222. The van der Waals surface area contributed by atoms with Gasteiger partial charge in [0.1, 0.15) is 17.2 Å². The molecule has 3 aromatic carbocycles. The molecule has 3 heteroatoms. The van der Waals surface area contributed by atoms with E-state index in [2.05, 4.69) is 6.07 Å². The maximum Gasteiger partial charge on any atom is 0.134 e. The topological polar surface area (TPSA) is 60.7 Å². The van der Waals surface area contributed by atoms with E-state index >= 15 is 0 Å². The number of phenols is 3. The number of rotatable bonds is 4. The van der Waals surface area contributed by atoms with Crippen LogP contribution in [0.15, 0.2) is 60.7 Å². The summed E-state index contributed by atoms with van der Waals surface area (Å²) in [4.78, 5) is 0. The molecule has 0 fully saturated rings. The van der Waals surface area contributed by atoms with Crippen molar-refractivity contribution < 1.29 is 15.3 Å². The molecule has 0 saturated heterocycles. The van der Waals surface area contributed by atoms with E-state index in [-0.39, 0.29) is 17.2 Å². The fourth-order valence-electron chi connectivity index (χ4n) is 2.60. The van der Waals surface area contributed by atoms with E-state index < -0.39 is 0 Å². The lowest BCUT2D eigenvalue weighted by Gasteiger charge is -2.14. The van der Waals surface area contributed by atoms with Gasteiger partial charge < -0.3 is 15.3 Å². The van der Waals surface area contributed by atoms with E-state index in [1.807, 2.05) is 60.7 Å². The molecule has 0 heterocycles. The van der Waals surface area contributed by atoms with Crippen LogP contribution in [0.25, 0.3) is 0 Å². The summed E-state index contributed by atoms with van der Waals surface area (Å²) in [6.07, 6.45) is 0.744. The Balaban J connectivity index is 1.99. The third kappa shape index (κ3) is 3.29. The Morgan fingerprint density at radius 2 is 1.00 bits per heavy atom. The first-order valence-electron chi connectivity index (χ1n) is 7.41. The van der Waals surface area contributed by atoms with E-state index in [0.717, 1.165) is 11.1 Å². The van der Waals surface area contributed by atoms with Gasteiger partial charge in [-0.15, -0.1) is 0 Å². The summed E-state index contributed by atoms with van der Waals surface area (Å²) in [7, 11) is 0. The van der Waals surface area contributed by atoms with Crippen molar-refractivity contribution >= 4 is 0 Å². The van der Waals surface area contributed by atoms with Crippen LogP contribution in [0.2, 0.25) is 0 Å². The van der Waals surface area contributed by atoms with Crippen LogP contribution in [-0.2, 0) is 12.8 Å². The van der Waals surface area contributed by atoms with Crippen molar-refractivity contribution in [3.63, 3.8) is 0 Å². The summed E-state index contributed by atoms with van der Waals surface area (Å²) in [6.45, 7) is 0. The molecule has 0 spiro atoms. The van der Waals surface area contributed by atoms with Gasteiger partial charge in [-0.05, 0) is 11.1 Å². The van der Waals surface area contributed by atoms with Crippen molar-refractivity contribution in [2.75, 3.05) is 0 Å². The highest BCUT2D eigenvalue weighted by atomic mass is 16.3. The molecule has 115 valence electrons. The molecule has 0 aliphatic heterocycles. The Morgan fingerprint density at radius 3 is 1.39 bits per heavy atom. The third-order valence-electron chi connectivity index (χ3n) is 3.83. The average Bonchev–Trinajstić information content (AvgIpc) is 2.57. The van der Waals surface area contributed by atoms with Crippen molar-refractivity contribution in [2.45, 2.75) is 12.8 Å². The number of hydrogen-bond donors (Lipinski definition) is 3. The van der Waals surface area contributed by atoms with Crippen molar-refractivity contribution in [1.29, 1.82) is 0 Å². The Hall–Kier alpha value is -2.94. The van der Waals surface area contributed by atoms with E-state index in [9.17, 15) is 15.3 Å². The molecule has 0 atom stereocenters. The summed E-state index contributed by atoms with van der Waals surface area (Å²) >= 11 is 0. The highest BCUT2D eigenvalue weighted by Crippen LogP contribution is 2.39. The predicted molar refractivity (Wildman–Crippen MR) is 88.8 cm³/mol. The molecule has 3 N–H and O–H groups in total. The maximum absolute atomic E-state index is 10.5. The normalized spacial score (nSPS) is 10.6. The van der Waals surface area contributed by atoms with Gasteiger partial charge in [-0.1, -0.05) is 60.7 Å². The number of benzene rings is 3. The number of phenolic OH excluding ortho intramolecular Hbond substituents is 3. The fraction of sp³-hybridized carbons (Fsp3) is 0.100. The van der Waals surface area contributed by atoms with Gasteiger partial charge in [-0.2, -0.15) is 0 Å². The number of aromatic hydroxyl groups is 3. The van der Waals surface area contributed by atoms with Crippen molar-refractivity contribution in [1.82, 2.24) is 0 Å². The molecule has 0 saturated carbocycles. The van der Waals surface area contributed by atoms with Crippen LogP contribution in [0.3, 0.4) is 0 Å². The molecule has 1 radical (unpaired) electrons. The molecule has 0 bridgehead atoms. The first-order valence-corrected chi connectivity index (χ1v) is 7.41. The third-order valence-corrected chi connectivity index (χ3v) is 3.83. The lowest BCUT2D eigenvalue weighted by atomic mass is 9.96. The van der Waals surface area contributed by atoms with E-state index in [1.54, 1.807) is 0 Å². The average molecular weight is 305 g/mol. The fourth-order valence-corrected chi connectivity index (χ4v) is 2.60. The Morgan fingerprint density at radius 1 is 0.609 bits per heavy atom. The van der Waals surface area contributed by atoms with Crippen LogP contribution in [0.1, 0.15) is 22.3 Å². The Kier molecular flexibility index (Phi) is 4.20. The largest absolute Gasteiger partial charge is 0.507 e. The lowest BCUT2D eigenvalue weighted by Crippen LogP contribution is -1.96. The number of hydrogen-bond acceptors (Lipinski definition) is 3. The zero-order valence-corrected chi connectivity index (χ0v) is 12.5. The Bertz CT molecular complexity index is 730. The van der Waals surface area contributed by atoms with Gasteiger partial charge in [0.25, 0.3) is 0 Å². The molecule has 0 unspecified atom stereocenters. The molecular weight excluding hydrogens is 288 g/mol. The Labute approximate surface area is 135 Å². The van der Waals surface area contributed by atoms with Crippen molar-refractivity contribution in [3.05, 3.63) is 89.0 Å². The summed E-state index contributed by atoms with van der Waals surface area (Å²) in [5, 5.41) is 30.6. The quantitative estimate of drug-likeness (QED) is 0.687. The summed E-state index contributed by atoms with van der Waals surface area (Å²) in [5.41, 5.74) is 2.67. The van der Waals surface area contributed by atoms with Crippen LogP contribution < -0.4 is 0 Å². The molecular formula is C20H17O3. The highest BCUT2D eigenvalue weighted by molar-refractivity contribution is 5.57. The summed E-state index contributed by atoms with van der Waals surface area (Å²) < 4.78 is 0. The second-order valence-corrected chi connectivity index (χ2v) is 5.45.